The highest BCUT2D eigenvalue weighted by Crippen LogP contribution is 2.31. The molecule has 1 N–H and O–H groups in total. The average Bonchev–Trinajstić information content (AvgIpc) is 2.82. The van der Waals surface area contributed by atoms with E-state index < -0.39 is 5.97 Å². The number of carboxylic acids is 1. The van der Waals surface area contributed by atoms with Crippen LogP contribution in [0.2, 0.25) is 0 Å². The topological polar surface area (TPSA) is 57.6 Å². The lowest BCUT2D eigenvalue weighted by Crippen LogP contribution is -2.29. The molecule has 1 amide bonds. The van der Waals surface area contributed by atoms with E-state index in [1.54, 1.807) is 11.0 Å². The largest absolute Gasteiger partial charge is 0.481 e. The van der Waals surface area contributed by atoms with E-state index in [9.17, 15) is 9.59 Å². The number of carboxylic acid groups (broad SMARTS) is 1. The van der Waals surface area contributed by atoms with E-state index in [0.717, 1.165) is 18.4 Å². The van der Waals surface area contributed by atoms with Crippen LogP contribution in [0.1, 0.15) is 31.2 Å². The Morgan fingerprint density at radius 1 is 1.21 bits per heavy atom. The number of amides is 1. The lowest BCUT2D eigenvalue weighted by atomic mass is 10.2. The summed E-state index contributed by atoms with van der Waals surface area (Å²) in [5.74, 6) is -0.852. The fraction of sp³-hybridized carbons (Fsp3) is 0.278. The standard InChI is InChI=1S/C18H19NO3S2/c20-16(21)12-5-2-6-13-19-17(22)15(24-18(19)23)11-7-10-14-8-3-1-4-9-14/h1,3-4,7-11H,2,5-6,12-13H2,(H,20,21)/b10-7+,15-11-. The van der Waals surface area contributed by atoms with Gasteiger partial charge in [-0.05, 0) is 24.5 Å². The molecule has 0 saturated carbocycles. The maximum absolute atomic E-state index is 12.4. The van der Waals surface area contributed by atoms with E-state index >= 15 is 0 Å². The molecule has 0 aliphatic carbocycles. The second-order valence-corrected chi connectivity index (χ2v) is 7.01. The Hall–Kier alpha value is -1.92. The number of carbonyl (C=O) groups is 2. The van der Waals surface area contributed by atoms with Crippen LogP contribution in [-0.2, 0) is 9.59 Å². The molecule has 1 heterocycles. The number of hydrogen-bond acceptors (Lipinski definition) is 4. The Morgan fingerprint density at radius 2 is 1.96 bits per heavy atom. The van der Waals surface area contributed by atoms with Crippen molar-refractivity contribution in [3.63, 3.8) is 0 Å². The monoisotopic (exact) mass is 361 g/mol. The van der Waals surface area contributed by atoms with Gasteiger partial charge in [-0.3, -0.25) is 14.5 Å². The molecule has 1 aliphatic heterocycles. The van der Waals surface area contributed by atoms with Crippen molar-refractivity contribution in [3.8, 4) is 0 Å². The van der Waals surface area contributed by atoms with Crippen LogP contribution in [0.5, 0.6) is 0 Å². The van der Waals surface area contributed by atoms with E-state index in [1.165, 1.54) is 11.8 Å². The SMILES string of the molecule is O=C(O)CCCCCN1C(=O)/C(=C/C=C/c2ccccc2)SC1=S. The van der Waals surface area contributed by atoms with Crippen LogP contribution in [0.4, 0.5) is 0 Å². The number of carbonyl (C=O) groups excluding carboxylic acids is 1. The summed E-state index contributed by atoms with van der Waals surface area (Å²) in [6.07, 6.45) is 7.91. The Balaban J connectivity index is 1.85. The van der Waals surface area contributed by atoms with Crippen LogP contribution in [0.25, 0.3) is 6.08 Å². The normalized spacial score (nSPS) is 16.5. The Bertz CT molecular complexity index is 668. The van der Waals surface area contributed by atoms with Crippen molar-refractivity contribution >= 4 is 46.3 Å². The first-order valence-electron chi connectivity index (χ1n) is 7.77. The molecule has 6 heteroatoms. The van der Waals surface area contributed by atoms with Crippen molar-refractivity contribution < 1.29 is 14.7 Å². The molecule has 0 spiro atoms. The van der Waals surface area contributed by atoms with Gasteiger partial charge >= 0.3 is 5.97 Å². The van der Waals surface area contributed by atoms with Gasteiger partial charge in [-0.1, -0.05) is 72.9 Å². The minimum absolute atomic E-state index is 0.0686. The summed E-state index contributed by atoms with van der Waals surface area (Å²) in [5, 5.41) is 8.61. The first kappa shape index (κ1) is 18.4. The molecule has 1 aromatic rings. The van der Waals surface area contributed by atoms with Gasteiger partial charge < -0.3 is 5.11 Å². The molecule has 1 aliphatic rings. The summed E-state index contributed by atoms with van der Waals surface area (Å²) in [5.41, 5.74) is 1.07. The van der Waals surface area contributed by atoms with Gasteiger partial charge in [0.15, 0.2) is 0 Å². The van der Waals surface area contributed by atoms with Gasteiger partial charge in [0.1, 0.15) is 4.32 Å². The number of hydrogen-bond donors (Lipinski definition) is 1. The van der Waals surface area contributed by atoms with Gasteiger partial charge in [-0.25, -0.2) is 0 Å². The molecule has 0 radical (unpaired) electrons. The zero-order chi connectivity index (χ0) is 17.4. The van der Waals surface area contributed by atoms with E-state index in [1.807, 2.05) is 42.5 Å². The molecule has 1 fully saturated rings. The van der Waals surface area contributed by atoms with Gasteiger partial charge in [0, 0.05) is 13.0 Å². The summed E-state index contributed by atoms with van der Waals surface area (Å²) in [6.45, 7) is 0.546. The molecule has 4 nitrogen and oxygen atoms in total. The Morgan fingerprint density at radius 3 is 2.67 bits per heavy atom. The summed E-state index contributed by atoms with van der Waals surface area (Å²) >= 11 is 6.58. The van der Waals surface area contributed by atoms with E-state index in [4.69, 9.17) is 17.3 Å². The van der Waals surface area contributed by atoms with Crippen molar-refractivity contribution in [2.75, 3.05) is 6.54 Å². The minimum Gasteiger partial charge on any atom is -0.481 e. The zero-order valence-corrected chi connectivity index (χ0v) is 14.8. The maximum atomic E-state index is 12.4. The smallest absolute Gasteiger partial charge is 0.303 e. The number of allylic oxidation sites excluding steroid dienone is 2. The molecule has 24 heavy (non-hydrogen) atoms. The third-order valence-electron chi connectivity index (χ3n) is 3.48. The van der Waals surface area contributed by atoms with Crippen molar-refractivity contribution in [3.05, 3.63) is 53.0 Å². The number of nitrogens with zero attached hydrogens (tertiary/aromatic N) is 1. The Labute approximate surface area is 151 Å². The van der Waals surface area contributed by atoms with E-state index in [-0.39, 0.29) is 12.3 Å². The van der Waals surface area contributed by atoms with Gasteiger partial charge in [-0.15, -0.1) is 0 Å². The molecule has 0 atom stereocenters. The average molecular weight is 361 g/mol. The maximum Gasteiger partial charge on any atom is 0.303 e. The molecule has 0 aromatic heterocycles. The number of unbranched alkanes of at least 4 members (excludes halogenated alkanes) is 2. The van der Waals surface area contributed by atoms with Gasteiger partial charge in [-0.2, -0.15) is 0 Å². The predicted octanol–water partition coefficient (Wildman–Crippen LogP) is 4.09. The molecular weight excluding hydrogens is 342 g/mol. The highest BCUT2D eigenvalue weighted by molar-refractivity contribution is 8.26. The minimum atomic E-state index is -0.784. The van der Waals surface area contributed by atoms with E-state index in [0.29, 0.717) is 22.2 Å². The van der Waals surface area contributed by atoms with Crippen molar-refractivity contribution in [1.29, 1.82) is 0 Å². The second-order valence-electron chi connectivity index (χ2n) is 5.33. The lowest BCUT2D eigenvalue weighted by Gasteiger charge is -2.13. The lowest BCUT2D eigenvalue weighted by molar-refractivity contribution is -0.137. The first-order chi connectivity index (χ1) is 11.6. The van der Waals surface area contributed by atoms with Crippen LogP contribution >= 0.6 is 24.0 Å². The summed E-state index contributed by atoms with van der Waals surface area (Å²) in [6, 6.07) is 9.87. The molecule has 1 aromatic carbocycles. The molecule has 126 valence electrons. The summed E-state index contributed by atoms with van der Waals surface area (Å²) < 4.78 is 0.567. The van der Waals surface area contributed by atoms with Crippen LogP contribution in [0.15, 0.2) is 47.4 Å². The van der Waals surface area contributed by atoms with Crippen LogP contribution < -0.4 is 0 Å². The molecule has 2 rings (SSSR count). The summed E-state index contributed by atoms with van der Waals surface area (Å²) in [4.78, 5) is 25.0. The fourth-order valence-electron chi connectivity index (χ4n) is 2.24. The molecule has 1 saturated heterocycles. The molecule has 0 unspecified atom stereocenters. The highest BCUT2D eigenvalue weighted by Gasteiger charge is 2.30. The van der Waals surface area contributed by atoms with Crippen molar-refractivity contribution in [2.45, 2.75) is 25.7 Å². The number of thioether (sulfide) groups is 1. The number of benzene rings is 1. The number of thiocarbonyl (C=S) groups is 1. The van der Waals surface area contributed by atoms with Gasteiger partial charge in [0.2, 0.25) is 0 Å². The highest BCUT2D eigenvalue weighted by atomic mass is 32.2. The van der Waals surface area contributed by atoms with Crippen LogP contribution in [0.3, 0.4) is 0 Å². The quantitative estimate of drug-likeness (QED) is 0.429. The molecular formula is C18H19NO3S2. The van der Waals surface area contributed by atoms with Gasteiger partial charge in [0.05, 0.1) is 4.91 Å². The zero-order valence-electron chi connectivity index (χ0n) is 13.2. The third-order valence-corrected chi connectivity index (χ3v) is 4.88. The molecule has 0 bridgehead atoms. The second kappa shape index (κ2) is 9.39. The number of aliphatic carboxylic acids is 1. The van der Waals surface area contributed by atoms with E-state index in [2.05, 4.69) is 0 Å². The predicted molar refractivity (Wildman–Crippen MR) is 102 cm³/mol. The van der Waals surface area contributed by atoms with Gasteiger partial charge in [0.25, 0.3) is 5.91 Å². The van der Waals surface area contributed by atoms with Crippen molar-refractivity contribution in [1.82, 2.24) is 4.90 Å². The summed E-state index contributed by atoms with van der Waals surface area (Å²) in [7, 11) is 0. The fourth-order valence-corrected chi connectivity index (χ4v) is 3.50. The van der Waals surface area contributed by atoms with Crippen molar-refractivity contribution in [2.24, 2.45) is 0 Å². The first-order valence-corrected chi connectivity index (χ1v) is 8.99. The number of rotatable bonds is 8. The third kappa shape index (κ3) is 5.62. The van der Waals surface area contributed by atoms with Crippen LogP contribution in [-0.4, -0.2) is 32.7 Å². The van der Waals surface area contributed by atoms with Crippen LogP contribution in [0, 0.1) is 0 Å². The Kier molecular flexibility index (Phi) is 7.21.